The zero-order valence-corrected chi connectivity index (χ0v) is 15.2. The van der Waals surface area contributed by atoms with Crippen molar-refractivity contribution in [1.82, 2.24) is 10.6 Å². The van der Waals surface area contributed by atoms with Gasteiger partial charge in [-0.15, -0.1) is 0 Å². The van der Waals surface area contributed by atoms with Crippen molar-refractivity contribution in [3.05, 3.63) is 65.5 Å². The summed E-state index contributed by atoms with van der Waals surface area (Å²) < 4.78 is 13.7. The molecule has 0 aliphatic rings. The zero-order chi connectivity index (χ0) is 18.8. The largest absolute Gasteiger partial charge is 0.357 e. The maximum absolute atomic E-state index is 13.7. The third-order valence-electron chi connectivity index (χ3n) is 3.69. The average molecular weight is 356 g/mol. The highest BCUT2D eigenvalue weighted by molar-refractivity contribution is 5.88. The van der Waals surface area contributed by atoms with E-state index >= 15 is 0 Å². The molecule has 2 aromatic rings. The molecule has 2 rings (SSSR count). The lowest BCUT2D eigenvalue weighted by atomic mass is 10.1. The third kappa shape index (κ3) is 6.55. The van der Waals surface area contributed by atoms with Crippen LogP contribution in [-0.2, 0) is 17.8 Å². The van der Waals surface area contributed by atoms with E-state index in [1.54, 1.807) is 18.2 Å². The summed E-state index contributed by atoms with van der Waals surface area (Å²) in [5.74, 6) is 0.331. The van der Waals surface area contributed by atoms with Crippen molar-refractivity contribution in [3.63, 3.8) is 0 Å². The number of rotatable bonds is 7. The summed E-state index contributed by atoms with van der Waals surface area (Å²) in [6.07, 6.45) is 0.810. The Labute approximate surface area is 153 Å². The molecule has 0 saturated carbocycles. The maximum Gasteiger partial charge on any atom is 0.221 e. The van der Waals surface area contributed by atoms with Gasteiger partial charge in [-0.2, -0.15) is 0 Å². The summed E-state index contributed by atoms with van der Waals surface area (Å²) in [5, 5.41) is 9.16. The van der Waals surface area contributed by atoms with Crippen molar-refractivity contribution in [2.24, 2.45) is 4.99 Å². The smallest absolute Gasteiger partial charge is 0.221 e. The zero-order valence-electron chi connectivity index (χ0n) is 15.2. The summed E-state index contributed by atoms with van der Waals surface area (Å²) in [4.78, 5) is 15.5. The number of carbonyl (C=O) groups excluding carboxylic acids is 1. The minimum absolute atomic E-state index is 0.0826. The van der Waals surface area contributed by atoms with E-state index in [2.05, 4.69) is 20.9 Å². The van der Waals surface area contributed by atoms with E-state index < -0.39 is 0 Å². The second-order valence-electron chi connectivity index (χ2n) is 5.84. The second-order valence-corrected chi connectivity index (χ2v) is 5.84. The highest BCUT2D eigenvalue weighted by atomic mass is 19.1. The van der Waals surface area contributed by atoms with Gasteiger partial charge in [0.15, 0.2) is 5.96 Å². The van der Waals surface area contributed by atoms with Gasteiger partial charge < -0.3 is 16.0 Å². The lowest BCUT2D eigenvalue weighted by Gasteiger charge is -2.12. The van der Waals surface area contributed by atoms with E-state index in [1.165, 1.54) is 13.0 Å². The van der Waals surface area contributed by atoms with E-state index in [-0.39, 0.29) is 18.3 Å². The van der Waals surface area contributed by atoms with Gasteiger partial charge in [0.25, 0.3) is 0 Å². The Balaban J connectivity index is 1.87. The van der Waals surface area contributed by atoms with Gasteiger partial charge in [-0.1, -0.05) is 30.3 Å². The minimum atomic E-state index is -0.244. The molecule has 0 unspecified atom stereocenters. The summed E-state index contributed by atoms with van der Waals surface area (Å²) in [6, 6.07) is 14.4. The molecule has 0 aliphatic carbocycles. The lowest BCUT2D eigenvalue weighted by Crippen LogP contribution is -2.38. The molecule has 3 N–H and O–H groups in total. The van der Waals surface area contributed by atoms with E-state index in [4.69, 9.17) is 0 Å². The first-order valence-corrected chi connectivity index (χ1v) is 8.70. The second kappa shape index (κ2) is 10.2. The summed E-state index contributed by atoms with van der Waals surface area (Å²) in [7, 11) is 0. The van der Waals surface area contributed by atoms with Gasteiger partial charge in [-0.3, -0.25) is 4.79 Å². The molecule has 0 aromatic heterocycles. The molecule has 138 valence electrons. The standard InChI is InChI=1S/C20H25FN4O/c1-3-22-20(24-14-17-6-4-5-7-19(17)21)23-13-12-16-8-10-18(11-9-16)25-15(2)26/h4-11H,3,12-14H2,1-2H3,(H,25,26)(H2,22,23,24). The van der Waals surface area contributed by atoms with Gasteiger partial charge in [0.05, 0.1) is 6.54 Å². The van der Waals surface area contributed by atoms with Gasteiger partial charge in [0.1, 0.15) is 5.82 Å². The minimum Gasteiger partial charge on any atom is -0.357 e. The fourth-order valence-electron chi connectivity index (χ4n) is 2.42. The molecule has 0 heterocycles. The SMILES string of the molecule is CCNC(=NCc1ccccc1F)NCCc1ccc(NC(C)=O)cc1. The average Bonchev–Trinajstić information content (AvgIpc) is 2.62. The van der Waals surface area contributed by atoms with E-state index in [0.717, 1.165) is 24.2 Å². The Morgan fingerprint density at radius 2 is 1.81 bits per heavy atom. The van der Waals surface area contributed by atoms with Gasteiger partial charge >= 0.3 is 0 Å². The summed E-state index contributed by atoms with van der Waals surface area (Å²) in [5.41, 5.74) is 2.50. The van der Waals surface area contributed by atoms with Gasteiger partial charge in [0, 0.05) is 31.3 Å². The van der Waals surface area contributed by atoms with Crippen LogP contribution in [-0.4, -0.2) is 25.0 Å². The monoisotopic (exact) mass is 356 g/mol. The number of nitrogens with zero attached hydrogens (tertiary/aromatic N) is 1. The number of nitrogens with one attached hydrogen (secondary N) is 3. The molecule has 1 amide bonds. The molecule has 0 saturated heterocycles. The number of halogens is 1. The summed E-state index contributed by atoms with van der Waals surface area (Å²) >= 11 is 0. The molecule has 26 heavy (non-hydrogen) atoms. The molecule has 2 aromatic carbocycles. The molecule has 0 fully saturated rings. The molecular weight excluding hydrogens is 331 g/mol. The van der Waals surface area contributed by atoms with Crippen LogP contribution in [0.2, 0.25) is 0 Å². The first kappa shape index (κ1) is 19.4. The van der Waals surface area contributed by atoms with E-state index in [9.17, 15) is 9.18 Å². The number of benzene rings is 2. The van der Waals surface area contributed by atoms with Crippen molar-refractivity contribution < 1.29 is 9.18 Å². The number of aliphatic imine (C=N–C) groups is 1. The molecule has 5 nitrogen and oxygen atoms in total. The lowest BCUT2D eigenvalue weighted by molar-refractivity contribution is -0.114. The van der Waals surface area contributed by atoms with Crippen LogP contribution >= 0.6 is 0 Å². The Kier molecular flexibility index (Phi) is 7.61. The van der Waals surface area contributed by atoms with Crippen LogP contribution < -0.4 is 16.0 Å². The Morgan fingerprint density at radius 3 is 2.46 bits per heavy atom. The van der Waals surface area contributed by atoms with Crippen molar-refractivity contribution in [2.45, 2.75) is 26.8 Å². The normalized spacial score (nSPS) is 11.1. The number of hydrogen-bond donors (Lipinski definition) is 3. The van der Waals surface area contributed by atoms with Crippen LogP contribution in [0.4, 0.5) is 10.1 Å². The molecule has 0 spiro atoms. The van der Waals surface area contributed by atoms with Crippen molar-refractivity contribution in [1.29, 1.82) is 0 Å². The maximum atomic E-state index is 13.7. The molecule has 0 aliphatic heterocycles. The van der Waals surface area contributed by atoms with Crippen molar-refractivity contribution in [3.8, 4) is 0 Å². The Bertz CT molecular complexity index is 744. The van der Waals surface area contributed by atoms with Gasteiger partial charge in [-0.25, -0.2) is 9.38 Å². The number of carbonyl (C=O) groups is 1. The van der Waals surface area contributed by atoms with Crippen LogP contribution in [0, 0.1) is 5.82 Å². The van der Waals surface area contributed by atoms with Crippen molar-refractivity contribution in [2.75, 3.05) is 18.4 Å². The van der Waals surface area contributed by atoms with Crippen molar-refractivity contribution >= 4 is 17.6 Å². The quantitative estimate of drug-likeness (QED) is 0.528. The number of guanidine groups is 1. The van der Waals surface area contributed by atoms with Crippen LogP contribution in [0.1, 0.15) is 25.0 Å². The molecular formula is C20H25FN4O. The first-order chi connectivity index (χ1) is 12.6. The highest BCUT2D eigenvalue weighted by Crippen LogP contribution is 2.10. The van der Waals surface area contributed by atoms with Crippen LogP contribution in [0.15, 0.2) is 53.5 Å². The van der Waals surface area contributed by atoms with Gasteiger partial charge in [0.2, 0.25) is 5.91 Å². The van der Waals surface area contributed by atoms with E-state index in [0.29, 0.717) is 18.1 Å². The molecule has 0 bridgehead atoms. The van der Waals surface area contributed by atoms with Gasteiger partial charge in [-0.05, 0) is 37.1 Å². The fraction of sp³-hybridized carbons (Fsp3) is 0.300. The molecule has 0 radical (unpaired) electrons. The third-order valence-corrected chi connectivity index (χ3v) is 3.69. The fourth-order valence-corrected chi connectivity index (χ4v) is 2.42. The Morgan fingerprint density at radius 1 is 1.08 bits per heavy atom. The number of anilines is 1. The highest BCUT2D eigenvalue weighted by Gasteiger charge is 2.02. The predicted molar refractivity (Wildman–Crippen MR) is 104 cm³/mol. The first-order valence-electron chi connectivity index (χ1n) is 8.70. The van der Waals surface area contributed by atoms with Crippen LogP contribution in [0.5, 0.6) is 0 Å². The molecule has 0 atom stereocenters. The predicted octanol–water partition coefficient (Wildman–Crippen LogP) is 3.08. The molecule has 6 heteroatoms. The Hall–Kier alpha value is -2.89. The van der Waals surface area contributed by atoms with Crippen LogP contribution in [0.3, 0.4) is 0 Å². The topological polar surface area (TPSA) is 65.5 Å². The number of hydrogen-bond acceptors (Lipinski definition) is 2. The van der Waals surface area contributed by atoms with Crippen LogP contribution in [0.25, 0.3) is 0 Å². The summed E-state index contributed by atoms with van der Waals surface area (Å²) in [6.45, 7) is 5.19. The number of amides is 1. The van der Waals surface area contributed by atoms with E-state index in [1.807, 2.05) is 31.2 Å².